The van der Waals surface area contributed by atoms with E-state index >= 15 is 0 Å². The summed E-state index contributed by atoms with van der Waals surface area (Å²) in [6, 6.07) is 0. The van der Waals surface area contributed by atoms with E-state index in [0.29, 0.717) is 25.4 Å². The van der Waals surface area contributed by atoms with Crippen LogP contribution in [0.3, 0.4) is 0 Å². The topological polar surface area (TPSA) is 59.1 Å². The van der Waals surface area contributed by atoms with Gasteiger partial charge in [-0.15, -0.1) is 0 Å². The van der Waals surface area contributed by atoms with Crippen LogP contribution < -0.4 is 0 Å². The molecule has 1 unspecified atom stereocenters. The van der Waals surface area contributed by atoms with Gasteiger partial charge >= 0.3 is 5.97 Å². The van der Waals surface area contributed by atoms with Gasteiger partial charge in [-0.25, -0.2) is 0 Å². The Kier molecular flexibility index (Phi) is 10.1. The van der Waals surface area contributed by atoms with E-state index in [1.165, 1.54) is 39.2 Å². The van der Waals surface area contributed by atoms with Gasteiger partial charge in [-0.05, 0) is 18.8 Å². The van der Waals surface area contributed by atoms with Crippen LogP contribution in [-0.4, -0.2) is 74.7 Å². The maximum Gasteiger partial charge on any atom is 0.310 e. The van der Waals surface area contributed by atoms with E-state index in [9.17, 15) is 9.59 Å². The van der Waals surface area contributed by atoms with Crippen molar-refractivity contribution in [3.05, 3.63) is 0 Å². The fourth-order valence-corrected chi connectivity index (χ4v) is 4.20. The van der Waals surface area contributed by atoms with Gasteiger partial charge in [0.2, 0.25) is 5.91 Å². The number of hydrogen-bond acceptors (Lipinski definition) is 5. The Labute approximate surface area is 164 Å². The molecule has 1 atom stereocenters. The van der Waals surface area contributed by atoms with Gasteiger partial charge in [0, 0.05) is 39.1 Å². The van der Waals surface area contributed by atoms with Crippen molar-refractivity contribution in [1.82, 2.24) is 9.80 Å². The van der Waals surface area contributed by atoms with Crippen LogP contribution in [0.4, 0.5) is 0 Å². The summed E-state index contributed by atoms with van der Waals surface area (Å²) < 4.78 is 10.2. The quantitative estimate of drug-likeness (QED) is 0.544. The zero-order chi connectivity index (χ0) is 19.5. The number of ether oxygens (including phenoxy) is 2. The fraction of sp³-hybridized carbons (Fsp3) is 0.905. The third-order valence-electron chi connectivity index (χ3n) is 5.95. The fourth-order valence-electron chi connectivity index (χ4n) is 4.20. The molecule has 6 heteroatoms. The van der Waals surface area contributed by atoms with Gasteiger partial charge in [-0.2, -0.15) is 0 Å². The van der Waals surface area contributed by atoms with E-state index in [-0.39, 0.29) is 17.8 Å². The smallest absolute Gasteiger partial charge is 0.310 e. The molecule has 6 nitrogen and oxygen atoms in total. The van der Waals surface area contributed by atoms with Gasteiger partial charge in [0.25, 0.3) is 0 Å². The first-order valence-corrected chi connectivity index (χ1v) is 10.8. The van der Waals surface area contributed by atoms with Gasteiger partial charge in [-0.1, -0.05) is 39.0 Å². The van der Waals surface area contributed by atoms with E-state index < -0.39 is 0 Å². The monoisotopic (exact) mass is 382 g/mol. The second kappa shape index (κ2) is 12.3. The van der Waals surface area contributed by atoms with Crippen molar-refractivity contribution in [3.8, 4) is 0 Å². The summed E-state index contributed by atoms with van der Waals surface area (Å²) in [4.78, 5) is 28.9. The van der Waals surface area contributed by atoms with Crippen molar-refractivity contribution in [2.45, 2.75) is 58.3 Å². The van der Waals surface area contributed by atoms with Gasteiger partial charge in [0.15, 0.2) is 0 Å². The predicted octanol–water partition coefficient (Wildman–Crippen LogP) is 2.71. The number of esters is 1. The summed E-state index contributed by atoms with van der Waals surface area (Å²) in [6.45, 7) is 7.51. The zero-order valence-corrected chi connectivity index (χ0v) is 17.3. The minimum Gasteiger partial charge on any atom is -0.469 e. The molecule has 0 aromatic carbocycles. The van der Waals surface area contributed by atoms with Crippen molar-refractivity contribution >= 4 is 11.9 Å². The first-order chi connectivity index (χ1) is 13.1. The standard InChI is InChI=1S/C21H38N2O4/c1-18(21(25)26-2)17-23(12-6-11-22-13-15-27-16-14-22)20(24)10-9-19-7-4-3-5-8-19/h18-19H,3-17H2,1-2H3. The summed E-state index contributed by atoms with van der Waals surface area (Å²) in [5.41, 5.74) is 0. The SMILES string of the molecule is COC(=O)C(C)CN(CCCN1CCOCC1)C(=O)CCC1CCCCC1. The van der Waals surface area contributed by atoms with Crippen molar-refractivity contribution in [2.75, 3.05) is 53.0 Å². The Balaban J connectivity index is 1.80. The van der Waals surface area contributed by atoms with Crippen molar-refractivity contribution in [2.24, 2.45) is 11.8 Å². The van der Waals surface area contributed by atoms with Crippen molar-refractivity contribution < 1.29 is 19.1 Å². The molecule has 1 saturated heterocycles. The average molecular weight is 383 g/mol. The Bertz CT molecular complexity index is 445. The molecule has 1 amide bonds. The third-order valence-corrected chi connectivity index (χ3v) is 5.95. The lowest BCUT2D eigenvalue weighted by molar-refractivity contribution is -0.146. The van der Waals surface area contributed by atoms with Crippen LogP contribution in [0.2, 0.25) is 0 Å². The highest BCUT2D eigenvalue weighted by Gasteiger charge is 2.23. The number of carbonyl (C=O) groups excluding carboxylic acids is 2. The molecule has 156 valence electrons. The number of hydrogen-bond donors (Lipinski definition) is 0. The molecule has 2 fully saturated rings. The highest BCUT2D eigenvalue weighted by Crippen LogP contribution is 2.27. The first kappa shape index (κ1) is 22.2. The molecule has 0 aromatic heterocycles. The molecule has 0 bridgehead atoms. The van der Waals surface area contributed by atoms with E-state index in [4.69, 9.17) is 9.47 Å². The van der Waals surface area contributed by atoms with E-state index in [2.05, 4.69) is 4.90 Å². The second-order valence-electron chi connectivity index (χ2n) is 8.11. The minimum absolute atomic E-state index is 0.193. The normalized spacial score (nSPS) is 20.2. The van der Waals surface area contributed by atoms with Crippen LogP contribution in [0.1, 0.15) is 58.3 Å². The highest BCUT2D eigenvalue weighted by atomic mass is 16.5. The first-order valence-electron chi connectivity index (χ1n) is 10.8. The molecular formula is C21H38N2O4. The number of carbonyl (C=O) groups is 2. The molecule has 1 aliphatic heterocycles. The Morgan fingerprint density at radius 3 is 2.56 bits per heavy atom. The Morgan fingerprint density at radius 2 is 1.89 bits per heavy atom. The lowest BCUT2D eigenvalue weighted by atomic mass is 9.86. The third kappa shape index (κ3) is 8.18. The average Bonchev–Trinajstić information content (AvgIpc) is 2.72. The van der Waals surface area contributed by atoms with Crippen LogP contribution in [0.15, 0.2) is 0 Å². The van der Waals surface area contributed by atoms with Crippen LogP contribution in [-0.2, 0) is 19.1 Å². The summed E-state index contributed by atoms with van der Waals surface area (Å²) in [5, 5.41) is 0. The lowest BCUT2D eigenvalue weighted by Crippen LogP contribution is -2.41. The van der Waals surface area contributed by atoms with Crippen LogP contribution in [0, 0.1) is 11.8 Å². The van der Waals surface area contributed by atoms with Crippen LogP contribution in [0.5, 0.6) is 0 Å². The predicted molar refractivity (Wildman–Crippen MR) is 105 cm³/mol. The van der Waals surface area contributed by atoms with Gasteiger partial charge in [0.05, 0.1) is 26.2 Å². The number of morpholine rings is 1. The van der Waals surface area contributed by atoms with Crippen LogP contribution >= 0.6 is 0 Å². The maximum atomic E-state index is 12.9. The van der Waals surface area contributed by atoms with E-state index in [0.717, 1.165) is 45.7 Å². The van der Waals surface area contributed by atoms with E-state index in [1.54, 1.807) is 0 Å². The summed E-state index contributed by atoms with van der Waals surface area (Å²) in [6.07, 6.45) is 9.02. The summed E-state index contributed by atoms with van der Waals surface area (Å²) in [7, 11) is 1.41. The molecule has 1 heterocycles. The Morgan fingerprint density at radius 1 is 1.19 bits per heavy atom. The molecule has 0 radical (unpaired) electrons. The summed E-state index contributed by atoms with van der Waals surface area (Å²) in [5.74, 6) is 0.375. The highest BCUT2D eigenvalue weighted by molar-refractivity contribution is 5.78. The molecule has 27 heavy (non-hydrogen) atoms. The zero-order valence-electron chi connectivity index (χ0n) is 17.3. The minimum atomic E-state index is -0.281. The van der Waals surface area contributed by atoms with Gasteiger partial charge in [0.1, 0.15) is 0 Å². The molecule has 0 N–H and O–H groups in total. The maximum absolute atomic E-state index is 12.9. The molecule has 1 saturated carbocycles. The molecule has 2 aliphatic rings. The lowest BCUT2D eigenvalue weighted by Gasteiger charge is -2.29. The number of rotatable bonds is 10. The van der Waals surface area contributed by atoms with Gasteiger partial charge < -0.3 is 14.4 Å². The van der Waals surface area contributed by atoms with Crippen molar-refractivity contribution in [1.29, 1.82) is 0 Å². The van der Waals surface area contributed by atoms with Crippen molar-refractivity contribution in [3.63, 3.8) is 0 Å². The number of methoxy groups -OCH3 is 1. The largest absolute Gasteiger partial charge is 0.469 e. The molecule has 0 spiro atoms. The number of amides is 1. The molecular weight excluding hydrogens is 344 g/mol. The number of nitrogens with zero attached hydrogens (tertiary/aromatic N) is 2. The molecule has 2 rings (SSSR count). The van der Waals surface area contributed by atoms with E-state index in [1.807, 2.05) is 11.8 Å². The summed E-state index contributed by atoms with van der Waals surface area (Å²) >= 11 is 0. The Hall–Kier alpha value is -1.14. The van der Waals surface area contributed by atoms with Crippen LogP contribution in [0.25, 0.3) is 0 Å². The molecule has 0 aromatic rings. The molecule has 1 aliphatic carbocycles. The van der Waals surface area contributed by atoms with Gasteiger partial charge in [-0.3, -0.25) is 14.5 Å². The second-order valence-corrected chi connectivity index (χ2v) is 8.11.